The van der Waals surface area contributed by atoms with Crippen molar-refractivity contribution in [2.45, 2.75) is 32.0 Å². The zero-order valence-corrected chi connectivity index (χ0v) is 10.7. The fourth-order valence-corrected chi connectivity index (χ4v) is 1.95. The molecule has 1 aromatic carbocycles. The minimum absolute atomic E-state index is 0.332. The number of para-hydroxylation sites is 1. The molecule has 1 aromatic rings. The van der Waals surface area contributed by atoms with Gasteiger partial charge in [0, 0.05) is 18.7 Å². The van der Waals surface area contributed by atoms with Crippen molar-refractivity contribution in [1.29, 1.82) is 0 Å². The number of likely N-dealkylation sites (N-methyl/N-ethyl adjacent to an activating group) is 1. The van der Waals surface area contributed by atoms with E-state index in [9.17, 15) is 18.0 Å². The lowest BCUT2D eigenvalue weighted by Gasteiger charge is -2.30. The highest BCUT2D eigenvalue weighted by atomic mass is 19.4. The van der Waals surface area contributed by atoms with Crippen LogP contribution in [0.4, 0.5) is 18.9 Å². The standard InChI is InChI=1S/C13H17F3N2O/c1-2-18(10-6-4-3-5-7-10)11(12(17)19)8-9-13(14,15)16/h3-7,11H,2,8-9H2,1H3,(H2,17,19). The van der Waals surface area contributed by atoms with Crippen LogP contribution in [0.15, 0.2) is 30.3 Å². The van der Waals surface area contributed by atoms with Crippen LogP contribution in [-0.2, 0) is 4.79 Å². The summed E-state index contributed by atoms with van der Waals surface area (Å²) in [6, 6.07) is 7.86. The topological polar surface area (TPSA) is 46.3 Å². The van der Waals surface area contributed by atoms with E-state index in [0.717, 1.165) is 0 Å². The first-order valence-corrected chi connectivity index (χ1v) is 6.03. The Bertz CT molecular complexity index is 406. The van der Waals surface area contributed by atoms with Crippen molar-refractivity contribution in [3.8, 4) is 0 Å². The molecule has 0 saturated heterocycles. The Morgan fingerprint density at radius 2 is 1.89 bits per heavy atom. The van der Waals surface area contributed by atoms with E-state index in [1.165, 1.54) is 0 Å². The van der Waals surface area contributed by atoms with Crippen molar-refractivity contribution < 1.29 is 18.0 Å². The fraction of sp³-hybridized carbons (Fsp3) is 0.462. The smallest absolute Gasteiger partial charge is 0.368 e. The summed E-state index contributed by atoms with van der Waals surface area (Å²) in [6.07, 6.45) is -5.64. The van der Waals surface area contributed by atoms with E-state index in [0.29, 0.717) is 12.2 Å². The molecule has 3 nitrogen and oxygen atoms in total. The number of nitrogens with zero attached hydrogens (tertiary/aromatic N) is 1. The molecule has 0 radical (unpaired) electrons. The normalized spacial score (nSPS) is 13.1. The van der Waals surface area contributed by atoms with E-state index in [-0.39, 0.29) is 6.42 Å². The molecule has 0 saturated carbocycles. The lowest BCUT2D eigenvalue weighted by atomic mass is 10.1. The molecule has 0 aliphatic carbocycles. The molecule has 0 bridgehead atoms. The van der Waals surface area contributed by atoms with Crippen molar-refractivity contribution in [2.75, 3.05) is 11.4 Å². The molecule has 1 unspecified atom stereocenters. The molecule has 0 aliphatic heterocycles. The van der Waals surface area contributed by atoms with E-state index >= 15 is 0 Å². The molecule has 19 heavy (non-hydrogen) atoms. The van der Waals surface area contributed by atoms with Crippen LogP contribution in [-0.4, -0.2) is 24.7 Å². The van der Waals surface area contributed by atoms with E-state index in [1.807, 2.05) is 0 Å². The monoisotopic (exact) mass is 274 g/mol. The molecule has 1 amide bonds. The van der Waals surface area contributed by atoms with Crippen LogP contribution < -0.4 is 10.6 Å². The van der Waals surface area contributed by atoms with Gasteiger partial charge in [0.2, 0.25) is 5.91 Å². The first kappa shape index (κ1) is 15.3. The summed E-state index contributed by atoms with van der Waals surface area (Å²) in [5, 5.41) is 0. The fourth-order valence-electron chi connectivity index (χ4n) is 1.95. The molecule has 0 heterocycles. The van der Waals surface area contributed by atoms with Crippen LogP contribution in [0.5, 0.6) is 0 Å². The van der Waals surface area contributed by atoms with Gasteiger partial charge in [-0.1, -0.05) is 18.2 Å². The second-order valence-corrected chi connectivity index (χ2v) is 4.19. The first-order valence-electron chi connectivity index (χ1n) is 6.03. The molecule has 0 aromatic heterocycles. The second kappa shape index (κ2) is 6.45. The number of anilines is 1. The maximum Gasteiger partial charge on any atom is 0.389 e. The summed E-state index contributed by atoms with van der Waals surface area (Å²) in [7, 11) is 0. The minimum atomic E-state index is -4.29. The highest BCUT2D eigenvalue weighted by molar-refractivity contribution is 5.83. The van der Waals surface area contributed by atoms with Gasteiger partial charge in [-0.15, -0.1) is 0 Å². The van der Waals surface area contributed by atoms with Gasteiger partial charge in [0.05, 0.1) is 0 Å². The number of primary amides is 1. The summed E-state index contributed by atoms with van der Waals surface area (Å²) in [4.78, 5) is 13.0. The van der Waals surface area contributed by atoms with E-state index in [4.69, 9.17) is 5.73 Å². The molecule has 2 N–H and O–H groups in total. The largest absolute Gasteiger partial charge is 0.389 e. The lowest BCUT2D eigenvalue weighted by Crippen LogP contribution is -2.45. The molecular formula is C13H17F3N2O. The van der Waals surface area contributed by atoms with Gasteiger partial charge >= 0.3 is 6.18 Å². The predicted octanol–water partition coefficient (Wildman–Crippen LogP) is 2.71. The van der Waals surface area contributed by atoms with E-state index in [2.05, 4.69) is 0 Å². The Morgan fingerprint density at radius 3 is 2.32 bits per heavy atom. The zero-order chi connectivity index (χ0) is 14.5. The Balaban J connectivity index is 2.87. The number of alkyl halides is 3. The van der Waals surface area contributed by atoms with Crippen molar-refractivity contribution in [3.63, 3.8) is 0 Å². The number of hydrogen-bond acceptors (Lipinski definition) is 2. The highest BCUT2D eigenvalue weighted by Gasteiger charge is 2.32. The van der Waals surface area contributed by atoms with Crippen LogP contribution in [0, 0.1) is 0 Å². The number of carbonyl (C=O) groups is 1. The van der Waals surface area contributed by atoms with Crippen molar-refractivity contribution in [2.24, 2.45) is 5.73 Å². The third-order valence-corrected chi connectivity index (χ3v) is 2.83. The van der Waals surface area contributed by atoms with E-state index < -0.39 is 24.5 Å². The molecular weight excluding hydrogens is 257 g/mol. The van der Waals surface area contributed by atoms with Crippen molar-refractivity contribution in [1.82, 2.24) is 0 Å². The Hall–Kier alpha value is -1.72. The van der Waals surface area contributed by atoms with Crippen LogP contribution in [0.25, 0.3) is 0 Å². The van der Waals surface area contributed by atoms with Gasteiger partial charge in [0.15, 0.2) is 0 Å². The number of hydrogen-bond donors (Lipinski definition) is 1. The predicted molar refractivity (Wildman–Crippen MR) is 67.7 cm³/mol. The van der Waals surface area contributed by atoms with Gasteiger partial charge in [0.25, 0.3) is 0 Å². The Kier molecular flexibility index (Phi) is 5.20. The lowest BCUT2D eigenvalue weighted by molar-refractivity contribution is -0.138. The third kappa shape index (κ3) is 4.81. The molecule has 0 spiro atoms. The summed E-state index contributed by atoms with van der Waals surface area (Å²) in [6.45, 7) is 2.19. The van der Waals surface area contributed by atoms with Crippen LogP contribution >= 0.6 is 0 Å². The highest BCUT2D eigenvalue weighted by Crippen LogP contribution is 2.25. The Morgan fingerprint density at radius 1 is 1.32 bits per heavy atom. The SMILES string of the molecule is CCN(c1ccccc1)C(CCC(F)(F)F)C(N)=O. The molecule has 1 atom stereocenters. The minimum Gasteiger partial charge on any atom is -0.368 e. The summed E-state index contributed by atoms with van der Waals surface area (Å²) < 4.78 is 36.8. The zero-order valence-electron chi connectivity index (χ0n) is 10.7. The summed E-state index contributed by atoms with van der Waals surface area (Å²) in [5.74, 6) is -0.741. The number of carbonyl (C=O) groups excluding carboxylic acids is 1. The average Bonchev–Trinajstić information content (AvgIpc) is 2.33. The maximum absolute atomic E-state index is 12.3. The van der Waals surface area contributed by atoms with Crippen LogP contribution in [0.2, 0.25) is 0 Å². The number of rotatable bonds is 6. The van der Waals surface area contributed by atoms with Gasteiger partial charge in [-0.3, -0.25) is 4.79 Å². The third-order valence-electron chi connectivity index (χ3n) is 2.83. The molecule has 0 aliphatic rings. The number of benzene rings is 1. The van der Waals surface area contributed by atoms with Crippen molar-refractivity contribution >= 4 is 11.6 Å². The quantitative estimate of drug-likeness (QED) is 0.867. The number of amides is 1. The van der Waals surface area contributed by atoms with Gasteiger partial charge in [-0.05, 0) is 25.5 Å². The molecule has 106 valence electrons. The van der Waals surface area contributed by atoms with Crippen LogP contribution in [0.1, 0.15) is 19.8 Å². The van der Waals surface area contributed by atoms with Crippen LogP contribution in [0.3, 0.4) is 0 Å². The average molecular weight is 274 g/mol. The number of halogens is 3. The molecule has 6 heteroatoms. The van der Waals surface area contributed by atoms with Crippen molar-refractivity contribution in [3.05, 3.63) is 30.3 Å². The summed E-state index contributed by atoms with van der Waals surface area (Å²) in [5.41, 5.74) is 5.92. The van der Waals surface area contributed by atoms with E-state index in [1.54, 1.807) is 42.2 Å². The Labute approximate surface area is 110 Å². The van der Waals surface area contributed by atoms with Gasteiger partial charge in [0.1, 0.15) is 6.04 Å². The second-order valence-electron chi connectivity index (χ2n) is 4.19. The first-order chi connectivity index (χ1) is 8.85. The van der Waals surface area contributed by atoms with Gasteiger partial charge < -0.3 is 10.6 Å². The number of nitrogens with two attached hydrogens (primary N) is 1. The van der Waals surface area contributed by atoms with Gasteiger partial charge in [-0.2, -0.15) is 13.2 Å². The molecule has 1 rings (SSSR count). The summed E-state index contributed by atoms with van der Waals surface area (Å²) >= 11 is 0. The maximum atomic E-state index is 12.3. The molecule has 0 fully saturated rings. The van der Waals surface area contributed by atoms with Gasteiger partial charge in [-0.25, -0.2) is 0 Å².